The molecule has 0 atom stereocenters. The van der Waals surface area contributed by atoms with Gasteiger partial charge in [-0.05, 0) is 41.7 Å². The highest BCUT2D eigenvalue weighted by Gasteiger charge is 2.56. The second-order valence-corrected chi connectivity index (χ2v) is 9.59. The lowest BCUT2D eigenvalue weighted by atomic mass is 9.67. The summed E-state index contributed by atoms with van der Waals surface area (Å²) >= 11 is 0. The number of benzene rings is 3. The molecule has 0 spiro atoms. The molecule has 2 aliphatic rings. The maximum atomic E-state index is 13.7. The highest BCUT2D eigenvalue weighted by atomic mass is 16.5. The van der Waals surface area contributed by atoms with Crippen molar-refractivity contribution in [1.82, 2.24) is 20.6 Å². The lowest BCUT2D eigenvalue weighted by molar-refractivity contribution is -0.153. The molecule has 8 heteroatoms. The molecule has 0 unspecified atom stereocenters. The first-order valence-corrected chi connectivity index (χ1v) is 12.5. The zero-order valence-corrected chi connectivity index (χ0v) is 20.5. The van der Waals surface area contributed by atoms with E-state index in [1.165, 1.54) is 0 Å². The zero-order valence-electron chi connectivity index (χ0n) is 20.5. The van der Waals surface area contributed by atoms with E-state index in [2.05, 4.69) is 5.32 Å². The van der Waals surface area contributed by atoms with Gasteiger partial charge in [0.1, 0.15) is 5.41 Å². The number of hydrogen-bond acceptors (Lipinski definition) is 4. The summed E-state index contributed by atoms with van der Waals surface area (Å²) in [6.45, 7) is 2.14. The van der Waals surface area contributed by atoms with Crippen LogP contribution in [0.2, 0.25) is 0 Å². The molecule has 2 aliphatic heterocycles. The summed E-state index contributed by atoms with van der Waals surface area (Å²) in [7, 11) is 0. The van der Waals surface area contributed by atoms with Crippen molar-refractivity contribution in [3.63, 3.8) is 0 Å². The number of nitrogens with one attached hydrogen (secondary N) is 2. The SMILES string of the molecule is O=C(NO)c1ccc(CNC(=O)N2CCC(N3CC(c4ccccc4)(c4ccccc4)C3=O)CC2)cc1. The number of rotatable bonds is 6. The Bertz CT molecular complexity index is 1220. The quantitative estimate of drug-likeness (QED) is 0.276. The molecule has 3 aromatic carbocycles. The molecule has 37 heavy (non-hydrogen) atoms. The fraction of sp³-hybridized carbons (Fsp3) is 0.276. The van der Waals surface area contributed by atoms with Crippen LogP contribution < -0.4 is 10.8 Å². The van der Waals surface area contributed by atoms with Gasteiger partial charge < -0.3 is 15.1 Å². The molecule has 0 aromatic heterocycles. The van der Waals surface area contributed by atoms with Crippen LogP contribution in [0, 0.1) is 0 Å². The molecule has 3 N–H and O–H groups in total. The molecule has 2 heterocycles. The molecule has 0 aliphatic carbocycles. The Kier molecular flexibility index (Phi) is 6.92. The molecule has 2 fully saturated rings. The van der Waals surface area contributed by atoms with Gasteiger partial charge in [-0.3, -0.25) is 14.8 Å². The van der Waals surface area contributed by atoms with Crippen LogP contribution in [-0.4, -0.2) is 58.5 Å². The van der Waals surface area contributed by atoms with E-state index in [1.807, 2.05) is 65.6 Å². The van der Waals surface area contributed by atoms with Gasteiger partial charge >= 0.3 is 6.03 Å². The first kappa shape index (κ1) is 24.5. The summed E-state index contributed by atoms with van der Waals surface area (Å²) < 4.78 is 0. The van der Waals surface area contributed by atoms with E-state index in [1.54, 1.807) is 34.6 Å². The van der Waals surface area contributed by atoms with Crippen molar-refractivity contribution in [2.45, 2.75) is 30.8 Å². The largest absolute Gasteiger partial charge is 0.337 e. The third-order valence-electron chi connectivity index (χ3n) is 7.52. The minimum atomic E-state index is -0.648. The molecule has 190 valence electrons. The summed E-state index contributed by atoms with van der Waals surface area (Å²) in [5.41, 5.74) is 4.17. The Hall–Kier alpha value is -4.17. The van der Waals surface area contributed by atoms with Crippen molar-refractivity contribution in [2.75, 3.05) is 19.6 Å². The average Bonchev–Trinajstić information content (AvgIpc) is 2.96. The second kappa shape index (κ2) is 10.4. The number of likely N-dealkylation sites (tertiary alicyclic amines) is 2. The smallest absolute Gasteiger partial charge is 0.317 e. The number of hydrogen-bond donors (Lipinski definition) is 3. The molecule has 5 rings (SSSR count). The monoisotopic (exact) mass is 498 g/mol. The molecule has 4 amide bonds. The fourth-order valence-corrected chi connectivity index (χ4v) is 5.39. The molecule has 3 aromatic rings. The van der Waals surface area contributed by atoms with E-state index >= 15 is 0 Å². The van der Waals surface area contributed by atoms with E-state index in [9.17, 15) is 14.4 Å². The van der Waals surface area contributed by atoms with Crippen molar-refractivity contribution in [2.24, 2.45) is 0 Å². The van der Waals surface area contributed by atoms with E-state index in [0.717, 1.165) is 29.5 Å². The number of hydroxylamine groups is 1. The van der Waals surface area contributed by atoms with Gasteiger partial charge in [-0.15, -0.1) is 0 Å². The van der Waals surface area contributed by atoms with Gasteiger partial charge in [0.2, 0.25) is 5.91 Å². The van der Waals surface area contributed by atoms with Crippen LogP contribution in [0.4, 0.5) is 4.79 Å². The fourth-order valence-electron chi connectivity index (χ4n) is 5.39. The van der Waals surface area contributed by atoms with Gasteiger partial charge in [-0.25, -0.2) is 10.3 Å². The lowest BCUT2D eigenvalue weighted by Gasteiger charge is -2.54. The van der Waals surface area contributed by atoms with Crippen molar-refractivity contribution < 1.29 is 19.6 Å². The third-order valence-corrected chi connectivity index (χ3v) is 7.52. The average molecular weight is 499 g/mol. The van der Waals surface area contributed by atoms with Gasteiger partial charge in [0, 0.05) is 37.8 Å². The summed E-state index contributed by atoms with van der Waals surface area (Å²) in [5, 5.41) is 11.6. The third kappa shape index (κ3) is 4.68. The maximum Gasteiger partial charge on any atom is 0.317 e. The Morgan fingerprint density at radius 3 is 1.95 bits per heavy atom. The second-order valence-electron chi connectivity index (χ2n) is 9.59. The topological polar surface area (TPSA) is 102 Å². The van der Waals surface area contributed by atoms with Gasteiger partial charge in [-0.2, -0.15) is 0 Å². The van der Waals surface area contributed by atoms with Gasteiger partial charge in [-0.1, -0.05) is 72.8 Å². The lowest BCUT2D eigenvalue weighted by Crippen LogP contribution is -2.68. The van der Waals surface area contributed by atoms with Crippen molar-refractivity contribution >= 4 is 17.8 Å². The molecular formula is C29H30N4O4. The number of carbonyl (C=O) groups excluding carboxylic acids is 3. The number of urea groups is 1. The zero-order chi connectivity index (χ0) is 25.8. The Labute approximate surface area is 215 Å². The van der Waals surface area contributed by atoms with Gasteiger partial charge in [0.25, 0.3) is 5.91 Å². The molecule has 2 saturated heterocycles. The van der Waals surface area contributed by atoms with Crippen molar-refractivity contribution in [3.8, 4) is 0 Å². The number of β-lactam (4-membered cyclic amide) rings is 1. The highest BCUT2D eigenvalue weighted by molar-refractivity contribution is 5.98. The Morgan fingerprint density at radius 1 is 0.865 bits per heavy atom. The highest BCUT2D eigenvalue weighted by Crippen LogP contribution is 2.44. The first-order chi connectivity index (χ1) is 18.0. The van der Waals surface area contributed by atoms with Crippen molar-refractivity contribution in [3.05, 3.63) is 107 Å². The predicted octanol–water partition coefficient (Wildman–Crippen LogP) is 3.31. The van der Waals surface area contributed by atoms with Crippen molar-refractivity contribution in [1.29, 1.82) is 0 Å². The minimum Gasteiger partial charge on any atom is -0.337 e. The molecular weight excluding hydrogens is 468 g/mol. The van der Waals surface area contributed by atoms with Gasteiger partial charge in [0.05, 0.1) is 0 Å². The number of piperidine rings is 1. The minimum absolute atomic E-state index is 0.113. The first-order valence-electron chi connectivity index (χ1n) is 12.5. The standard InChI is InChI=1S/C29H30N4O4/c34-26(31-37)22-13-11-21(12-14-22)19-30-28(36)32-17-15-25(16-18-32)33-20-29(27(33)35,23-7-3-1-4-8-23)24-9-5-2-6-10-24/h1-14,25,37H,15-20H2,(H,30,36)(H,31,34). The molecule has 0 radical (unpaired) electrons. The number of nitrogens with zero attached hydrogens (tertiary/aromatic N) is 2. The summed E-state index contributed by atoms with van der Waals surface area (Å²) in [5.74, 6) is -0.449. The van der Waals surface area contributed by atoms with Crippen LogP contribution >= 0.6 is 0 Å². The van der Waals surface area contributed by atoms with Crippen LogP contribution in [-0.2, 0) is 16.8 Å². The number of amides is 4. The van der Waals surface area contributed by atoms with Gasteiger partial charge in [0.15, 0.2) is 0 Å². The molecule has 0 bridgehead atoms. The van der Waals surface area contributed by atoms with Crippen LogP contribution in [0.1, 0.15) is 39.9 Å². The predicted molar refractivity (Wildman–Crippen MR) is 138 cm³/mol. The van der Waals surface area contributed by atoms with Crippen LogP contribution in [0.25, 0.3) is 0 Å². The molecule has 0 saturated carbocycles. The summed E-state index contributed by atoms with van der Waals surface area (Å²) in [6.07, 6.45) is 1.48. The van der Waals surface area contributed by atoms with E-state index in [4.69, 9.17) is 5.21 Å². The van der Waals surface area contributed by atoms with E-state index in [-0.39, 0.29) is 18.0 Å². The summed E-state index contributed by atoms with van der Waals surface area (Å²) in [6, 6.07) is 26.6. The molecule has 8 nitrogen and oxygen atoms in total. The van der Waals surface area contributed by atoms with E-state index in [0.29, 0.717) is 31.7 Å². The maximum absolute atomic E-state index is 13.7. The van der Waals surface area contributed by atoms with Crippen LogP contribution in [0.15, 0.2) is 84.9 Å². The summed E-state index contributed by atoms with van der Waals surface area (Å²) in [4.78, 5) is 41.7. The van der Waals surface area contributed by atoms with Crippen LogP contribution in [0.3, 0.4) is 0 Å². The number of carbonyl (C=O) groups is 3. The normalized spacial score (nSPS) is 17.2. The van der Waals surface area contributed by atoms with E-state index < -0.39 is 11.3 Å². The van der Waals surface area contributed by atoms with Crippen LogP contribution in [0.5, 0.6) is 0 Å². The Balaban J connectivity index is 1.17. The Morgan fingerprint density at radius 2 is 1.43 bits per heavy atom.